The van der Waals surface area contributed by atoms with Crippen molar-refractivity contribution in [2.45, 2.75) is 0 Å². The Morgan fingerprint density at radius 3 is 0.0833 bits per heavy atom. The molecule has 0 radical (unpaired) electrons. The zero-order valence-corrected chi connectivity index (χ0v) is 11.0. The normalized spacial score (nSPS) is 0. The molecule has 0 aliphatic rings. The Morgan fingerprint density at radius 1 is 0.0833 bits per heavy atom. The van der Waals surface area contributed by atoms with Crippen LogP contribution < -0.4 is 0 Å². The van der Waals surface area contributed by atoms with Crippen LogP contribution in [0.2, 0.25) is 0 Å². The van der Waals surface area contributed by atoms with E-state index in [1.807, 2.05) is 0 Å². The number of rotatable bonds is 0. The summed E-state index contributed by atoms with van der Waals surface area (Å²) >= 11 is 0. The third-order valence-corrected chi connectivity index (χ3v) is 0. The van der Waals surface area contributed by atoms with Gasteiger partial charge in [-0.05, 0) is 0 Å². The first-order valence-corrected chi connectivity index (χ1v) is 0. The van der Waals surface area contributed by atoms with E-state index < -0.39 is 0 Å². The van der Waals surface area contributed by atoms with E-state index in [1.165, 1.54) is 0 Å². The predicted molar refractivity (Wildman–Crippen MR) is 93.8 cm³/mol. The molecule has 24 heavy (non-hydrogen) atoms. The van der Waals surface area contributed by atoms with Gasteiger partial charge in [0.1, 0.15) is 0 Å². The molecule has 24 heteroatoms. The molecule has 0 atom stereocenters. The van der Waals surface area contributed by atoms with Crippen LogP contribution in [0, 0.1) is 0 Å². The van der Waals surface area contributed by atoms with E-state index in [-0.39, 0.29) is 180 Å². The van der Waals surface area contributed by atoms with Crippen LogP contribution >= 0.6 is 0 Å². The third kappa shape index (κ3) is 9020. The van der Waals surface area contributed by atoms with E-state index in [0.717, 1.165) is 0 Å². The van der Waals surface area contributed by atoms with Crippen LogP contribution in [-0.2, 0) is 0 Å². The molecule has 0 heterocycles. The molecule has 0 aromatic heterocycles. The Kier molecular flexibility index (Phi) is 4990000. The predicted octanol–water partition coefficient (Wildman–Crippen LogP) is -19.4. The van der Waals surface area contributed by atoms with E-state index in [0.29, 0.717) is 0 Å². The molecule has 0 aromatic carbocycles. The fourth-order valence-electron chi connectivity index (χ4n) is 0. The standard InChI is InChI=1S/2Na.22H2O.2H/h;;22*1H2;;. The van der Waals surface area contributed by atoms with Crippen molar-refractivity contribution >= 4 is 59.1 Å². The zero-order valence-electron chi connectivity index (χ0n) is 11.0. The van der Waals surface area contributed by atoms with Gasteiger partial charge in [0.2, 0.25) is 0 Å². The van der Waals surface area contributed by atoms with Gasteiger partial charge >= 0.3 is 59.1 Å². The Morgan fingerprint density at radius 2 is 0.0833 bits per heavy atom. The zero-order chi connectivity index (χ0) is 0. The van der Waals surface area contributed by atoms with Crippen molar-refractivity contribution in [1.82, 2.24) is 0 Å². The molecular formula is H46Na2O22. The molecule has 22 nitrogen and oxygen atoms in total. The molecule has 0 rings (SSSR count). The van der Waals surface area contributed by atoms with E-state index >= 15 is 0 Å². The van der Waals surface area contributed by atoms with Crippen LogP contribution in [0.25, 0.3) is 0 Å². The molecule has 0 amide bonds. The van der Waals surface area contributed by atoms with Crippen LogP contribution in [0.4, 0.5) is 0 Å². The topological polar surface area (TPSA) is 693 Å². The molecule has 0 bridgehead atoms. The average Bonchev–Trinajstić information content (AvgIpc) is 0. The first kappa shape index (κ1) is 11700. The molecule has 44 N–H and O–H groups in total. The molecule has 0 unspecified atom stereocenters. The van der Waals surface area contributed by atoms with Crippen molar-refractivity contribution in [3.8, 4) is 0 Å². The van der Waals surface area contributed by atoms with Crippen LogP contribution in [-0.4, -0.2) is 180 Å². The third-order valence-electron chi connectivity index (χ3n) is 0. The first-order valence-electron chi connectivity index (χ1n) is 0. The van der Waals surface area contributed by atoms with E-state index in [1.54, 1.807) is 0 Å². The first-order chi connectivity index (χ1) is 0. The van der Waals surface area contributed by atoms with Crippen molar-refractivity contribution in [2.75, 3.05) is 0 Å². The average molecular weight is 444 g/mol. The summed E-state index contributed by atoms with van der Waals surface area (Å²) < 4.78 is 0. The van der Waals surface area contributed by atoms with Gasteiger partial charge in [-0.3, -0.25) is 0 Å². The molecule has 0 aliphatic carbocycles. The van der Waals surface area contributed by atoms with Crippen molar-refractivity contribution in [2.24, 2.45) is 0 Å². The van der Waals surface area contributed by atoms with Gasteiger partial charge in [0.05, 0.1) is 0 Å². The van der Waals surface area contributed by atoms with E-state index in [4.69, 9.17) is 0 Å². The monoisotopic (exact) mass is 444 g/mol. The Labute approximate surface area is 179 Å². The molecule has 0 fully saturated rings. The second-order valence-corrected chi connectivity index (χ2v) is 0. The summed E-state index contributed by atoms with van der Waals surface area (Å²) in [6, 6.07) is 0. The number of hydrogen-bond acceptors (Lipinski definition) is 0. The minimum atomic E-state index is 0. The Balaban J connectivity index is 0. The summed E-state index contributed by atoms with van der Waals surface area (Å²) in [5.41, 5.74) is 0. The molecule has 0 aliphatic heterocycles. The van der Waals surface area contributed by atoms with Gasteiger partial charge in [-0.25, -0.2) is 0 Å². The summed E-state index contributed by atoms with van der Waals surface area (Å²) in [6.07, 6.45) is 0. The van der Waals surface area contributed by atoms with Gasteiger partial charge in [-0.15, -0.1) is 0 Å². The van der Waals surface area contributed by atoms with E-state index in [2.05, 4.69) is 0 Å². The SMILES string of the molecule is O.O.O.O.O.O.O.O.O.O.O.O.O.O.O.O.O.O.O.O.O.O.[NaH].[NaH]. The van der Waals surface area contributed by atoms with Crippen molar-refractivity contribution in [1.29, 1.82) is 0 Å². The Bertz CT molecular complexity index is 9.93. The Hall–Kier alpha value is 1.12. The second kappa shape index (κ2) is 10300. The fourth-order valence-corrected chi connectivity index (χ4v) is 0. The fraction of sp³-hybridized carbons (Fsp3) is 0. The van der Waals surface area contributed by atoms with Crippen molar-refractivity contribution < 1.29 is 120 Å². The quantitative estimate of drug-likeness (QED) is 0.314. The number of hydrogen-bond donors (Lipinski definition) is 0. The van der Waals surface area contributed by atoms with Gasteiger partial charge in [-0.1, -0.05) is 0 Å². The summed E-state index contributed by atoms with van der Waals surface area (Å²) in [7, 11) is 0. The van der Waals surface area contributed by atoms with Crippen molar-refractivity contribution in [3.63, 3.8) is 0 Å². The van der Waals surface area contributed by atoms with Gasteiger partial charge in [0, 0.05) is 0 Å². The van der Waals surface area contributed by atoms with Gasteiger partial charge < -0.3 is 120 Å². The van der Waals surface area contributed by atoms with E-state index in [9.17, 15) is 0 Å². The van der Waals surface area contributed by atoms with Gasteiger partial charge in [0.25, 0.3) is 0 Å². The van der Waals surface area contributed by atoms with Crippen LogP contribution in [0.5, 0.6) is 0 Å². The summed E-state index contributed by atoms with van der Waals surface area (Å²) in [5, 5.41) is 0. The second-order valence-electron chi connectivity index (χ2n) is 0. The van der Waals surface area contributed by atoms with Gasteiger partial charge in [0.15, 0.2) is 0 Å². The van der Waals surface area contributed by atoms with Crippen LogP contribution in [0.15, 0.2) is 0 Å². The molecule has 0 spiro atoms. The molecular weight excluding hydrogens is 398 g/mol. The maximum absolute atomic E-state index is 0. The summed E-state index contributed by atoms with van der Waals surface area (Å²) in [5.74, 6) is 0. The molecule has 180 valence electrons. The van der Waals surface area contributed by atoms with Crippen LogP contribution in [0.3, 0.4) is 0 Å². The molecule has 0 saturated carbocycles. The minimum absolute atomic E-state index is 0. The van der Waals surface area contributed by atoms with Crippen LogP contribution in [0.1, 0.15) is 0 Å². The van der Waals surface area contributed by atoms with Crippen molar-refractivity contribution in [3.05, 3.63) is 0 Å². The van der Waals surface area contributed by atoms with Gasteiger partial charge in [-0.2, -0.15) is 0 Å². The summed E-state index contributed by atoms with van der Waals surface area (Å²) in [4.78, 5) is 0. The molecule has 0 aromatic rings. The maximum atomic E-state index is 0. The summed E-state index contributed by atoms with van der Waals surface area (Å²) in [6.45, 7) is 0. The molecule has 0 saturated heterocycles.